The molecule has 0 heterocycles. The molecular weight excluding hydrogens is 304 g/mol. The predicted molar refractivity (Wildman–Crippen MR) is 94.7 cm³/mol. The summed E-state index contributed by atoms with van der Waals surface area (Å²) in [5.74, 6) is 0.602. The molecule has 2 aromatic carbocycles. The lowest BCUT2D eigenvalue weighted by Gasteiger charge is -2.13. The lowest BCUT2D eigenvalue weighted by Crippen LogP contribution is -2.18. The van der Waals surface area contributed by atoms with Gasteiger partial charge in [0.05, 0.1) is 6.10 Å². The SMILES string of the molecule is N=C(N)c1ccc(CCC(O)COc2cccc(C(=N)N)c2)cc1. The number of hydrogen-bond donors (Lipinski definition) is 5. The smallest absolute Gasteiger partial charge is 0.122 e. The first-order valence-electron chi connectivity index (χ1n) is 7.64. The molecule has 0 saturated carbocycles. The molecule has 24 heavy (non-hydrogen) atoms. The molecule has 0 spiro atoms. The Hall–Kier alpha value is -2.86. The molecule has 7 N–H and O–H groups in total. The van der Waals surface area contributed by atoms with Crippen molar-refractivity contribution in [2.45, 2.75) is 18.9 Å². The van der Waals surface area contributed by atoms with Gasteiger partial charge in [-0.3, -0.25) is 10.8 Å². The van der Waals surface area contributed by atoms with Gasteiger partial charge in [0.25, 0.3) is 0 Å². The summed E-state index contributed by atoms with van der Waals surface area (Å²) in [7, 11) is 0. The summed E-state index contributed by atoms with van der Waals surface area (Å²) in [4.78, 5) is 0. The zero-order chi connectivity index (χ0) is 17.5. The van der Waals surface area contributed by atoms with Gasteiger partial charge in [0.1, 0.15) is 24.0 Å². The molecule has 0 saturated heterocycles. The van der Waals surface area contributed by atoms with E-state index in [1.165, 1.54) is 0 Å². The summed E-state index contributed by atoms with van der Waals surface area (Å²) in [5, 5.41) is 24.8. The number of ether oxygens (including phenoxy) is 1. The van der Waals surface area contributed by atoms with Gasteiger partial charge in [0, 0.05) is 11.1 Å². The molecule has 0 fully saturated rings. The number of aliphatic hydroxyl groups is 1. The van der Waals surface area contributed by atoms with Gasteiger partial charge in [-0.25, -0.2) is 0 Å². The summed E-state index contributed by atoms with van der Waals surface area (Å²) in [6, 6.07) is 14.3. The average molecular weight is 326 g/mol. The van der Waals surface area contributed by atoms with Crippen LogP contribution in [0.15, 0.2) is 48.5 Å². The standard InChI is InChI=1S/C18H22N4O2/c19-17(20)13-7-4-12(5-8-13)6-9-15(23)11-24-16-3-1-2-14(10-16)18(21)22/h1-5,7-8,10,15,23H,6,9,11H2,(H3,19,20)(H3,21,22). The molecular formula is C18H22N4O2. The van der Waals surface area contributed by atoms with Crippen molar-refractivity contribution in [2.75, 3.05) is 6.61 Å². The molecule has 6 nitrogen and oxygen atoms in total. The number of nitrogen functional groups attached to an aromatic ring is 2. The summed E-state index contributed by atoms with van der Waals surface area (Å²) in [6.45, 7) is 0.173. The Morgan fingerprint density at radius 1 is 1.00 bits per heavy atom. The van der Waals surface area contributed by atoms with Crippen LogP contribution in [0.2, 0.25) is 0 Å². The molecule has 2 rings (SSSR count). The summed E-state index contributed by atoms with van der Waals surface area (Å²) >= 11 is 0. The zero-order valence-corrected chi connectivity index (χ0v) is 13.3. The molecule has 0 bridgehead atoms. The van der Waals surface area contributed by atoms with Crippen LogP contribution in [0.4, 0.5) is 0 Å². The second-order valence-electron chi connectivity index (χ2n) is 5.56. The second-order valence-corrected chi connectivity index (χ2v) is 5.56. The predicted octanol–water partition coefficient (Wildman–Crippen LogP) is 1.63. The van der Waals surface area contributed by atoms with E-state index in [9.17, 15) is 5.11 Å². The monoisotopic (exact) mass is 326 g/mol. The van der Waals surface area contributed by atoms with Gasteiger partial charge in [0.2, 0.25) is 0 Å². The number of benzene rings is 2. The second kappa shape index (κ2) is 8.12. The number of rotatable bonds is 8. The van der Waals surface area contributed by atoms with Gasteiger partial charge in [-0.2, -0.15) is 0 Å². The Kier molecular flexibility index (Phi) is 5.92. The molecule has 0 amide bonds. The van der Waals surface area contributed by atoms with Gasteiger partial charge in [-0.1, -0.05) is 36.4 Å². The molecule has 6 heteroatoms. The van der Waals surface area contributed by atoms with Gasteiger partial charge in [-0.15, -0.1) is 0 Å². The number of nitrogens with one attached hydrogen (secondary N) is 2. The summed E-state index contributed by atoms with van der Waals surface area (Å²) < 4.78 is 5.55. The lowest BCUT2D eigenvalue weighted by atomic mass is 10.0. The first kappa shape index (κ1) is 17.5. The van der Waals surface area contributed by atoms with Crippen LogP contribution in [0.1, 0.15) is 23.1 Å². The van der Waals surface area contributed by atoms with Gasteiger partial charge in [-0.05, 0) is 30.5 Å². The first-order valence-corrected chi connectivity index (χ1v) is 7.64. The molecule has 0 aliphatic heterocycles. The lowest BCUT2D eigenvalue weighted by molar-refractivity contribution is 0.100. The van der Waals surface area contributed by atoms with Crippen LogP contribution in [0.3, 0.4) is 0 Å². The van der Waals surface area contributed by atoms with Gasteiger partial charge >= 0.3 is 0 Å². The Morgan fingerprint density at radius 2 is 1.67 bits per heavy atom. The number of aliphatic hydroxyl groups excluding tert-OH is 1. The zero-order valence-electron chi connectivity index (χ0n) is 13.3. The van der Waals surface area contributed by atoms with E-state index in [2.05, 4.69) is 0 Å². The normalized spacial score (nSPS) is 11.7. The molecule has 2 aromatic rings. The highest BCUT2D eigenvalue weighted by Crippen LogP contribution is 2.14. The van der Waals surface area contributed by atoms with Crippen molar-refractivity contribution in [3.63, 3.8) is 0 Å². The first-order chi connectivity index (χ1) is 11.5. The fraction of sp³-hybridized carbons (Fsp3) is 0.222. The Labute approximate surface area is 141 Å². The molecule has 1 atom stereocenters. The van der Waals surface area contributed by atoms with Crippen molar-refractivity contribution in [3.8, 4) is 5.75 Å². The van der Waals surface area contributed by atoms with E-state index < -0.39 is 6.10 Å². The topological polar surface area (TPSA) is 129 Å². The van der Waals surface area contributed by atoms with E-state index in [-0.39, 0.29) is 18.3 Å². The highest BCUT2D eigenvalue weighted by molar-refractivity contribution is 5.95. The third-order valence-electron chi connectivity index (χ3n) is 3.62. The largest absolute Gasteiger partial charge is 0.491 e. The van der Waals surface area contributed by atoms with Crippen LogP contribution in [0.5, 0.6) is 5.75 Å². The minimum atomic E-state index is -0.599. The van der Waals surface area contributed by atoms with E-state index in [1.54, 1.807) is 36.4 Å². The van der Waals surface area contributed by atoms with Crippen molar-refractivity contribution in [2.24, 2.45) is 11.5 Å². The van der Waals surface area contributed by atoms with Crippen molar-refractivity contribution in [1.82, 2.24) is 0 Å². The van der Waals surface area contributed by atoms with Crippen molar-refractivity contribution in [3.05, 3.63) is 65.2 Å². The van der Waals surface area contributed by atoms with E-state index >= 15 is 0 Å². The molecule has 0 radical (unpaired) electrons. The Bertz CT molecular complexity index is 713. The van der Waals surface area contributed by atoms with Gasteiger partial charge < -0.3 is 21.3 Å². The maximum atomic E-state index is 10.0. The quantitative estimate of drug-likeness (QED) is 0.373. The number of amidine groups is 2. The molecule has 0 aromatic heterocycles. The number of aryl methyl sites for hydroxylation is 1. The Morgan fingerprint density at radius 3 is 2.29 bits per heavy atom. The molecule has 126 valence electrons. The van der Waals surface area contributed by atoms with Crippen molar-refractivity contribution < 1.29 is 9.84 Å². The van der Waals surface area contributed by atoms with Crippen LogP contribution in [0.25, 0.3) is 0 Å². The maximum absolute atomic E-state index is 10.0. The molecule has 0 aliphatic carbocycles. The minimum Gasteiger partial charge on any atom is -0.491 e. The number of nitrogens with two attached hydrogens (primary N) is 2. The summed E-state index contributed by atoms with van der Waals surface area (Å²) in [6.07, 6.45) is 0.667. The Balaban J connectivity index is 1.81. The number of hydrogen-bond acceptors (Lipinski definition) is 4. The van der Waals surface area contributed by atoms with Crippen LogP contribution in [0, 0.1) is 10.8 Å². The fourth-order valence-corrected chi connectivity index (χ4v) is 2.21. The molecule has 1 unspecified atom stereocenters. The fourth-order valence-electron chi connectivity index (χ4n) is 2.21. The van der Waals surface area contributed by atoms with E-state index in [4.69, 9.17) is 27.0 Å². The van der Waals surface area contributed by atoms with Crippen LogP contribution in [-0.2, 0) is 6.42 Å². The van der Waals surface area contributed by atoms with Crippen molar-refractivity contribution in [1.29, 1.82) is 10.8 Å². The van der Waals surface area contributed by atoms with Crippen molar-refractivity contribution >= 4 is 11.7 Å². The van der Waals surface area contributed by atoms with E-state index in [0.29, 0.717) is 29.7 Å². The highest BCUT2D eigenvalue weighted by atomic mass is 16.5. The van der Waals surface area contributed by atoms with E-state index in [1.807, 2.05) is 12.1 Å². The van der Waals surface area contributed by atoms with Crippen LogP contribution >= 0.6 is 0 Å². The average Bonchev–Trinajstić information content (AvgIpc) is 2.58. The summed E-state index contributed by atoms with van der Waals surface area (Å²) in [5.41, 5.74) is 13.2. The minimum absolute atomic E-state index is 0.0185. The highest BCUT2D eigenvalue weighted by Gasteiger charge is 2.07. The maximum Gasteiger partial charge on any atom is 0.122 e. The van der Waals surface area contributed by atoms with Crippen LogP contribution < -0.4 is 16.2 Å². The third kappa shape index (κ3) is 5.10. The van der Waals surface area contributed by atoms with Crippen LogP contribution in [-0.4, -0.2) is 29.5 Å². The third-order valence-corrected chi connectivity index (χ3v) is 3.62. The molecule has 0 aliphatic rings. The van der Waals surface area contributed by atoms with E-state index in [0.717, 1.165) is 5.56 Å². The van der Waals surface area contributed by atoms with Gasteiger partial charge in [0.15, 0.2) is 0 Å².